The third-order valence-corrected chi connectivity index (χ3v) is 3.99. The molecule has 0 aliphatic carbocycles. The predicted octanol–water partition coefficient (Wildman–Crippen LogP) is 2.95. The average molecular weight is 261 g/mol. The van der Waals surface area contributed by atoms with E-state index in [-0.39, 0.29) is 0 Å². The van der Waals surface area contributed by atoms with E-state index in [2.05, 4.69) is 5.32 Å². The molecule has 0 radical (unpaired) electrons. The highest BCUT2D eigenvalue weighted by atomic mass is 32.2. The van der Waals surface area contributed by atoms with E-state index in [9.17, 15) is 13.2 Å². The average Bonchev–Trinajstić information content (AvgIpc) is 2.30. The summed E-state index contributed by atoms with van der Waals surface area (Å²) in [6, 6.07) is 5.49. The summed E-state index contributed by atoms with van der Waals surface area (Å²) in [7, 11) is 0. The number of alkyl halides is 3. The number of benzene rings is 1. The summed E-state index contributed by atoms with van der Waals surface area (Å²) in [5.74, 6) is 1.07. The number of hydrogen-bond donors (Lipinski definition) is 1. The van der Waals surface area contributed by atoms with Gasteiger partial charge in [-0.15, -0.1) is 0 Å². The minimum absolute atomic E-state index is 0.473. The predicted molar refractivity (Wildman–Crippen MR) is 64.3 cm³/mol. The number of nitrogens with one attached hydrogen (secondary N) is 1. The van der Waals surface area contributed by atoms with Crippen molar-refractivity contribution in [2.75, 3.05) is 18.8 Å². The van der Waals surface area contributed by atoms with E-state index in [1.54, 1.807) is 12.1 Å². The molecule has 94 valence electrons. The van der Waals surface area contributed by atoms with Gasteiger partial charge in [0.15, 0.2) is 0 Å². The molecule has 0 bridgehead atoms. The van der Waals surface area contributed by atoms with Crippen molar-refractivity contribution in [2.24, 2.45) is 0 Å². The van der Waals surface area contributed by atoms with Crippen LogP contribution in [0, 0.1) is 0 Å². The molecule has 0 spiro atoms. The second-order valence-corrected chi connectivity index (χ2v) is 5.50. The van der Waals surface area contributed by atoms with Gasteiger partial charge in [0.05, 0.1) is 5.56 Å². The fourth-order valence-corrected chi connectivity index (χ4v) is 2.99. The molecule has 2 rings (SSSR count). The van der Waals surface area contributed by atoms with Crippen LogP contribution in [0.4, 0.5) is 13.2 Å². The lowest BCUT2D eigenvalue weighted by atomic mass is 10.1. The molecule has 1 nitrogen and oxygen atoms in total. The van der Waals surface area contributed by atoms with Gasteiger partial charge in [0.2, 0.25) is 0 Å². The smallest absolute Gasteiger partial charge is 0.315 e. The molecule has 1 aromatic carbocycles. The van der Waals surface area contributed by atoms with E-state index in [1.807, 2.05) is 11.8 Å². The van der Waals surface area contributed by atoms with E-state index in [0.29, 0.717) is 5.25 Å². The van der Waals surface area contributed by atoms with Gasteiger partial charge in [0, 0.05) is 24.1 Å². The van der Waals surface area contributed by atoms with Crippen LogP contribution < -0.4 is 5.32 Å². The van der Waals surface area contributed by atoms with Crippen LogP contribution in [0.15, 0.2) is 24.3 Å². The lowest BCUT2D eigenvalue weighted by molar-refractivity contribution is -0.137. The van der Waals surface area contributed by atoms with Gasteiger partial charge in [0.1, 0.15) is 0 Å². The molecule has 1 unspecified atom stereocenters. The summed E-state index contributed by atoms with van der Waals surface area (Å²) in [6.07, 6.45) is -3.41. The molecule has 1 N–H and O–H groups in total. The van der Waals surface area contributed by atoms with E-state index < -0.39 is 11.7 Å². The van der Waals surface area contributed by atoms with Gasteiger partial charge in [-0.05, 0) is 24.1 Å². The molecule has 0 saturated carbocycles. The fraction of sp³-hybridized carbons (Fsp3) is 0.500. The summed E-state index contributed by atoms with van der Waals surface area (Å²) in [6.45, 7) is 1.96. The van der Waals surface area contributed by atoms with Gasteiger partial charge >= 0.3 is 6.18 Å². The molecule has 1 heterocycles. The molecule has 1 fully saturated rings. The Morgan fingerprint density at radius 2 is 1.94 bits per heavy atom. The Kier molecular flexibility index (Phi) is 3.99. The Balaban J connectivity index is 1.98. The Hall–Kier alpha value is -0.680. The van der Waals surface area contributed by atoms with E-state index in [0.717, 1.165) is 43.0 Å². The maximum Gasteiger partial charge on any atom is 0.416 e. The highest BCUT2D eigenvalue weighted by molar-refractivity contribution is 8.00. The Morgan fingerprint density at radius 3 is 2.47 bits per heavy atom. The lowest BCUT2D eigenvalue weighted by Gasteiger charge is -2.22. The number of thioether (sulfide) groups is 1. The van der Waals surface area contributed by atoms with Crippen molar-refractivity contribution < 1.29 is 13.2 Å². The second kappa shape index (κ2) is 5.31. The summed E-state index contributed by atoms with van der Waals surface area (Å²) >= 11 is 1.88. The maximum absolute atomic E-state index is 12.4. The standard InChI is InChI=1S/C12H14F3NS/c13-12(14,15)10-3-1-9(2-4-10)7-11-8-16-5-6-17-11/h1-4,11,16H,5-8H2. The highest BCUT2D eigenvalue weighted by Gasteiger charge is 2.30. The largest absolute Gasteiger partial charge is 0.416 e. The van der Waals surface area contributed by atoms with Crippen molar-refractivity contribution in [1.82, 2.24) is 5.32 Å². The first-order valence-electron chi connectivity index (χ1n) is 5.54. The van der Waals surface area contributed by atoms with Crippen molar-refractivity contribution in [3.63, 3.8) is 0 Å². The Morgan fingerprint density at radius 1 is 1.24 bits per heavy atom. The SMILES string of the molecule is FC(F)(F)c1ccc(CC2CNCCS2)cc1. The van der Waals surface area contributed by atoms with Crippen LogP contribution in [0.25, 0.3) is 0 Å². The van der Waals surface area contributed by atoms with Gasteiger partial charge in [-0.2, -0.15) is 24.9 Å². The Bertz CT molecular complexity index is 355. The lowest BCUT2D eigenvalue weighted by Crippen LogP contribution is -2.33. The summed E-state index contributed by atoms with van der Waals surface area (Å²) in [5.41, 5.74) is 0.398. The van der Waals surface area contributed by atoms with Crippen molar-refractivity contribution in [3.8, 4) is 0 Å². The summed E-state index contributed by atoms with van der Waals surface area (Å²) in [4.78, 5) is 0. The maximum atomic E-state index is 12.4. The van der Waals surface area contributed by atoms with Crippen LogP contribution in [-0.4, -0.2) is 24.1 Å². The molecular weight excluding hydrogens is 247 g/mol. The molecule has 1 saturated heterocycles. The van der Waals surface area contributed by atoms with Crippen LogP contribution in [0.1, 0.15) is 11.1 Å². The van der Waals surface area contributed by atoms with Crippen LogP contribution in [0.5, 0.6) is 0 Å². The molecular formula is C12H14F3NS. The number of halogens is 3. The first kappa shape index (κ1) is 12.8. The molecule has 1 atom stereocenters. The van der Waals surface area contributed by atoms with Crippen molar-refractivity contribution >= 4 is 11.8 Å². The topological polar surface area (TPSA) is 12.0 Å². The van der Waals surface area contributed by atoms with Gasteiger partial charge in [-0.1, -0.05) is 12.1 Å². The fourth-order valence-electron chi connectivity index (χ4n) is 1.84. The van der Waals surface area contributed by atoms with Crippen LogP contribution >= 0.6 is 11.8 Å². The quantitative estimate of drug-likeness (QED) is 0.878. The zero-order valence-electron chi connectivity index (χ0n) is 9.26. The first-order chi connectivity index (χ1) is 8.05. The molecule has 0 aromatic heterocycles. The third-order valence-electron chi connectivity index (χ3n) is 2.75. The van der Waals surface area contributed by atoms with Crippen LogP contribution in [-0.2, 0) is 12.6 Å². The molecule has 1 aliphatic heterocycles. The monoisotopic (exact) mass is 261 g/mol. The van der Waals surface area contributed by atoms with Gasteiger partial charge in [0.25, 0.3) is 0 Å². The Labute approximate surface area is 103 Å². The van der Waals surface area contributed by atoms with E-state index >= 15 is 0 Å². The zero-order chi connectivity index (χ0) is 12.3. The van der Waals surface area contributed by atoms with E-state index in [1.165, 1.54) is 0 Å². The summed E-state index contributed by atoms with van der Waals surface area (Å²) < 4.78 is 37.1. The highest BCUT2D eigenvalue weighted by Crippen LogP contribution is 2.29. The third kappa shape index (κ3) is 3.64. The molecule has 0 amide bonds. The van der Waals surface area contributed by atoms with Crippen molar-refractivity contribution in [3.05, 3.63) is 35.4 Å². The van der Waals surface area contributed by atoms with Gasteiger partial charge < -0.3 is 5.32 Å². The minimum atomic E-state index is -4.24. The van der Waals surface area contributed by atoms with Crippen molar-refractivity contribution in [2.45, 2.75) is 17.8 Å². The normalized spacial score (nSPS) is 21.5. The van der Waals surface area contributed by atoms with E-state index in [4.69, 9.17) is 0 Å². The molecule has 1 aliphatic rings. The van der Waals surface area contributed by atoms with Gasteiger partial charge in [-0.3, -0.25) is 0 Å². The van der Waals surface area contributed by atoms with Gasteiger partial charge in [-0.25, -0.2) is 0 Å². The molecule has 1 aromatic rings. The zero-order valence-corrected chi connectivity index (χ0v) is 10.1. The minimum Gasteiger partial charge on any atom is -0.315 e. The molecule has 17 heavy (non-hydrogen) atoms. The summed E-state index contributed by atoms with van der Waals surface area (Å²) in [5, 5.41) is 3.76. The van der Waals surface area contributed by atoms with Crippen LogP contribution in [0.3, 0.4) is 0 Å². The number of rotatable bonds is 2. The van der Waals surface area contributed by atoms with Crippen molar-refractivity contribution in [1.29, 1.82) is 0 Å². The first-order valence-corrected chi connectivity index (χ1v) is 6.59. The van der Waals surface area contributed by atoms with Crippen LogP contribution in [0.2, 0.25) is 0 Å². The number of hydrogen-bond acceptors (Lipinski definition) is 2. The molecule has 5 heteroatoms. The second-order valence-electron chi connectivity index (χ2n) is 4.10.